The molecule has 0 spiro atoms. The van der Waals surface area contributed by atoms with Gasteiger partial charge in [-0.25, -0.2) is 0 Å². The average Bonchev–Trinajstić information content (AvgIpc) is 3.26. The number of halogens is 3. The second-order valence-electron chi connectivity index (χ2n) is 9.14. The molecule has 1 aromatic heterocycles. The largest absolute Gasteiger partial charge is 0.496 e. The number of rotatable bonds is 12. The van der Waals surface area contributed by atoms with Gasteiger partial charge >= 0.3 is 12.1 Å². The molecule has 0 aliphatic heterocycles. The van der Waals surface area contributed by atoms with Crippen molar-refractivity contribution < 1.29 is 32.2 Å². The van der Waals surface area contributed by atoms with E-state index in [1.807, 2.05) is 12.1 Å². The van der Waals surface area contributed by atoms with E-state index in [2.05, 4.69) is 25.1 Å². The minimum absolute atomic E-state index is 0.332. The lowest BCUT2D eigenvalue weighted by molar-refractivity contribution is -0.197. The van der Waals surface area contributed by atoms with Crippen LogP contribution in [0, 0.1) is 11.8 Å². The maximum Gasteiger partial charge on any atom is 0.398 e. The average molecular weight is 523 g/mol. The Labute approximate surface area is 214 Å². The SMILES string of the molecule is CCCCCc1ccc(-c2cc3ccc(OCC(COC(=O)C(C)C)C(F)(F)F)cc3s2)c(OC)c1. The van der Waals surface area contributed by atoms with Crippen molar-refractivity contribution >= 4 is 27.4 Å². The Balaban J connectivity index is 1.74. The van der Waals surface area contributed by atoms with Crippen LogP contribution in [0.1, 0.15) is 45.6 Å². The summed E-state index contributed by atoms with van der Waals surface area (Å²) in [7, 11) is 1.66. The molecule has 0 saturated heterocycles. The number of thiophene rings is 1. The van der Waals surface area contributed by atoms with Gasteiger partial charge in [-0.15, -0.1) is 11.3 Å². The lowest BCUT2D eigenvalue weighted by atomic mass is 10.0. The van der Waals surface area contributed by atoms with E-state index in [1.54, 1.807) is 33.1 Å². The third-order valence-corrected chi connectivity index (χ3v) is 7.04. The van der Waals surface area contributed by atoms with E-state index in [-0.39, 0.29) is 0 Å². The number of hydrogen-bond acceptors (Lipinski definition) is 5. The molecule has 0 saturated carbocycles. The van der Waals surface area contributed by atoms with Crippen molar-refractivity contribution in [3.05, 3.63) is 48.0 Å². The molecule has 1 heterocycles. The van der Waals surface area contributed by atoms with Crippen LogP contribution < -0.4 is 9.47 Å². The van der Waals surface area contributed by atoms with Crippen LogP contribution in [-0.2, 0) is 16.0 Å². The summed E-state index contributed by atoms with van der Waals surface area (Å²) in [6, 6.07) is 13.5. The highest BCUT2D eigenvalue weighted by Gasteiger charge is 2.41. The Morgan fingerprint density at radius 1 is 1.03 bits per heavy atom. The van der Waals surface area contributed by atoms with Gasteiger partial charge in [0.05, 0.1) is 13.0 Å². The summed E-state index contributed by atoms with van der Waals surface area (Å²) < 4.78 is 57.1. The van der Waals surface area contributed by atoms with E-state index in [9.17, 15) is 18.0 Å². The normalized spacial score (nSPS) is 12.7. The lowest BCUT2D eigenvalue weighted by Crippen LogP contribution is -2.34. The zero-order valence-corrected chi connectivity index (χ0v) is 21.9. The number of esters is 1. The van der Waals surface area contributed by atoms with Crippen molar-refractivity contribution in [1.82, 2.24) is 0 Å². The molecule has 36 heavy (non-hydrogen) atoms. The van der Waals surface area contributed by atoms with Crippen molar-refractivity contribution in [2.75, 3.05) is 20.3 Å². The molecule has 0 N–H and O–H groups in total. The molecular weight excluding hydrogens is 489 g/mol. The van der Waals surface area contributed by atoms with Crippen LogP contribution >= 0.6 is 11.3 Å². The molecule has 3 rings (SSSR count). The molecule has 2 aromatic carbocycles. The number of hydrogen-bond donors (Lipinski definition) is 0. The predicted molar refractivity (Wildman–Crippen MR) is 138 cm³/mol. The second-order valence-corrected chi connectivity index (χ2v) is 10.2. The Morgan fingerprint density at radius 2 is 1.81 bits per heavy atom. The fourth-order valence-corrected chi connectivity index (χ4v) is 4.81. The van der Waals surface area contributed by atoms with Crippen LogP contribution in [0.2, 0.25) is 0 Å². The van der Waals surface area contributed by atoms with E-state index < -0.39 is 37.2 Å². The summed E-state index contributed by atoms with van der Waals surface area (Å²) in [5, 5.41) is 0.967. The highest BCUT2D eigenvalue weighted by molar-refractivity contribution is 7.22. The Hall–Kier alpha value is -2.74. The number of carbonyl (C=O) groups excluding carboxylic acids is 1. The van der Waals surface area contributed by atoms with Crippen molar-refractivity contribution in [2.24, 2.45) is 11.8 Å². The minimum atomic E-state index is -4.54. The second kappa shape index (κ2) is 12.5. The summed E-state index contributed by atoms with van der Waals surface area (Å²) >= 11 is 1.53. The summed E-state index contributed by atoms with van der Waals surface area (Å²) in [5.74, 6) is -1.93. The Morgan fingerprint density at radius 3 is 2.47 bits per heavy atom. The molecule has 0 fully saturated rings. The quantitative estimate of drug-likeness (QED) is 0.178. The zero-order chi connectivity index (χ0) is 26.3. The Bertz CT molecular complexity index is 1150. The van der Waals surface area contributed by atoms with Crippen LogP contribution in [0.3, 0.4) is 0 Å². The third-order valence-electron chi connectivity index (χ3n) is 5.90. The van der Waals surface area contributed by atoms with Crippen LogP contribution in [0.25, 0.3) is 20.5 Å². The smallest absolute Gasteiger partial charge is 0.398 e. The molecule has 1 atom stereocenters. The van der Waals surface area contributed by atoms with Gasteiger partial charge < -0.3 is 14.2 Å². The van der Waals surface area contributed by atoms with Crippen LogP contribution in [-0.4, -0.2) is 32.5 Å². The fourth-order valence-electron chi connectivity index (χ4n) is 3.69. The summed E-state index contributed by atoms with van der Waals surface area (Å²) in [4.78, 5) is 12.6. The minimum Gasteiger partial charge on any atom is -0.496 e. The molecule has 0 amide bonds. The van der Waals surface area contributed by atoms with Gasteiger partial charge in [-0.2, -0.15) is 13.2 Å². The van der Waals surface area contributed by atoms with Crippen LogP contribution in [0.15, 0.2) is 42.5 Å². The monoisotopic (exact) mass is 522 g/mol. The lowest BCUT2D eigenvalue weighted by Gasteiger charge is -2.21. The maximum atomic E-state index is 13.4. The molecule has 4 nitrogen and oxygen atoms in total. The van der Waals surface area contributed by atoms with Crippen molar-refractivity contribution in [3.63, 3.8) is 0 Å². The molecule has 0 aliphatic carbocycles. The molecular formula is C28H33F3O4S. The molecule has 196 valence electrons. The molecule has 0 bridgehead atoms. The number of fused-ring (bicyclic) bond motifs is 1. The first-order valence-electron chi connectivity index (χ1n) is 12.2. The highest BCUT2D eigenvalue weighted by Crippen LogP contribution is 2.40. The first kappa shape index (κ1) is 27.8. The molecule has 8 heteroatoms. The molecule has 1 unspecified atom stereocenters. The van der Waals surface area contributed by atoms with Gasteiger partial charge in [0.25, 0.3) is 0 Å². The molecule has 0 radical (unpaired) electrons. The molecule has 0 aliphatic rings. The van der Waals surface area contributed by atoms with Gasteiger partial charge in [-0.3, -0.25) is 4.79 Å². The number of methoxy groups -OCH3 is 1. The van der Waals surface area contributed by atoms with E-state index in [1.165, 1.54) is 29.7 Å². The van der Waals surface area contributed by atoms with Crippen molar-refractivity contribution in [2.45, 2.75) is 52.6 Å². The fraction of sp³-hybridized carbons (Fsp3) is 0.464. The third kappa shape index (κ3) is 7.38. The van der Waals surface area contributed by atoms with Gasteiger partial charge in [0, 0.05) is 15.1 Å². The van der Waals surface area contributed by atoms with Gasteiger partial charge in [0.2, 0.25) is 0 Å². The van der Waals surface area contributed by atoms with Gasteiger partial charge in [-0.05, 0) is 60.2 Å². The van der Waals surface area contributed by atoms with Crippen molar-refractivity contribution in [3.8, 4) is 21.9 Å². The number of ether oxygens (including phenoxy) is 3. The summed E-state index contributed by atoms with van der Waals surface area (Å²) in [6.07, 6.45) is -0.0350. The van der Waals surface area contributed by atoms with Crippen LogP contribution in [0.4, 0.5) is 13.2 Å². The van der Waals surface area contributed by atoms with Crippen molar-refractivity contribution in [1.29, 1.82) is 0 Å². The van der Waals surface area contributed by atoms with E-state index in [4.69, 9.17) is 14.2 Å². The van der Waals surface area contributed by atoms with Gasteiger partial charge in [-0.1, -0.05) is 39.7 Å². The number of unbranched alkanes of at least 4 members (excludes halogenated alkanes) is 2. The van der Waals surface area contributed by atoms with Gasteiger partial charge in [0.15, 0.2) is 0 Å². The number of benzene rings is 2. The number of alkyl halides is 3. The molecule has 3 aromatic rings. The highest BCUT2D eigenvalue weighted by atomic mass is 32.1. The number of aryl methyl sites for hydroxylation is 1. The summed E-state index contributed by atoms with van der Waals surface area (Å²) in [5.41, 5.74) is 2.21. The predicted octanol–water partition coefficient (Wildman–Crippen LogP) is 8.07. The topological polar surface area (TPSA) is 44.8 Å². The van der Waals surface area contributed by atoms with E-state index in [0.29, 0.717) is 5.75 Å². The van der Waals surface area contributed by atoms with E-state index in [0.717, 1.165) is 39.1 Å². The number of carbonyl (C=O) groups is 1. The standard InChI is InChI=1S/C28H33F3O4S/c1-5-6-7-8-19-9-12-23(24(13-19)33-4)26-14-20-10-11-22(15-25(20)36-26)34-16-21(28(29,30)31)17-35-27(32)18(2)3/h9-15,18,21H,5-8,16-17H2,1-4H3. The van der Waals surface area contributed by atoms with Crippen LogP contribution in [0.5, 0.6) is 11.5 Å². The first-order valence-corrected chi connectivity index (χ1v) is 13.0. The maximum absolute atomic E-state index is 13.4. The summed E-state index contributed by atoms with van der Waals surface area (Å²) in [6.45, 7) is 3.93. The van der Waals surface area contributed by atoms with Gasteiger partial charge in [0.1, 0.15) is 30.6 Å². The zero-order valence-electron chi connectivity index (χ0n) is 21.1. The first-order chi connectivity index (χ1) is 17.1. The Kier molecular flexibility index (Phi) is 9.65. The van der Waals surface area contributed by atoms with E-state index >= 15 is 0 Å².